The van der Waals surface area contributed by atoms with Crippen LogP contribution in [-0.4, -0.2) is 26.1 Å². The summed E-state index contributed by atoms with van der Waals surface area (Å²) in [6.45, 7) is 2.22. The van der Waals surface area contributed by atoms with Crippen molar-refractivity contribution in [2.45, 2.75) is 39.0 Å². The number of ether oxygens (including phenoxy) is 2. The number of carbonyl (C=O) groups excluding carboxylic acids is 2. The van der Waals surface area contributed by atoms with Gasteiger partial charge in [-0.15, -0.1) is 11.3 Å². The summed E-state index contributed by atoms with van der Waals surface area (Å²) in [6, 6.07) is 7.68. The van der Waals surface area contributed by atoms with Gasteiger partial charge in [-0.05, 0) is 54.9 Å². The molecule has 0 saturated heterocycles. The van der Waals surface area contributed by atoms with Crippen molar-refractivity contribution in [1.29, 1.82) is 0 Å². The number of hydrogen-bond acceptors (Lipinski definition) is 5. The largest absolute Gasteiger partial charge is 0.497 e. The molecule has 1 aliphatic rings. The Morgan fingerprint density at radius 2 is 1.96 bits per heavy atom. The normalized spacial score (nSPS) is 15.7. The molecule has 144 valence electrons. The third-order valence-corrected chi connectivity index (χ3v) is 6.12. The summed E-state index contributed by atoms with van der Waals surface area (Å²) >= 11 is 1.52. The number of fused-ring (bicyclic) bond motifs is 1. The van der Waals surface area contributed by atoms with Crippen molar-refractivity contribution in [2.75, 3.05) is 19.5 Å². The fourth-order valence-electron chi connectivity index (χ4n) is 3.40. The molecule has 1 amide bonds. The first-order valence-corrected chi connectivity index (χ1v) is 9.99. The van der Waals surface area contributed by atoms with Crippen LogP contribution in [0.25, 0.3) is 0 Å². The molecule has 27 heavy (non-hydrogen) atoms. The third-order valence-electron chi connectivity index (χ3n) is 4.95. The Labute approximate surface area is 163 Å². The lowest BCUT2D eigenvalue weighted by Crippen LogP contribution is -2.16. The van der Waals surface area contributed by atoms with E-state index >= 15 is 0 Å². The number of thiophene rings is 1. The minimum absolute atomic E-state index is 0.0948. The number of esters is 1. The van der Waals surface area contributed by atoms with Gasteiger partial charge in [0, 0.05) is 11.3 Å². The fraction of sp³-hybridized carbons (Fsp3) is 0.429. The molecule has 6 heteroatoms. The Morgan fingerprint density at radius 3 is 2.63 bits per heavy atom. The van der Waals surface area contributed by atoms with E-state index in [2.05, 4.69) is 12.2 Å². The summed E-state index contributed by atoms with van der Waals surface area (Å²) in [5, 5.41) is 3.57. The number of aryl methyl sites for hydroxylation is 1. The van der Waals surface area contributed by atoms with Gasteiger partial charge in [-0.25, -0.2) is 4.79 Å². The second kappa shape index (κ2) is 8.57. The molecule has 0 saturated carbocycles. The van der Waals surface area contributed by atoms with E-state index in [0.29, 0.717) is 29.3 Å². The maximum Gasteiger partial charge on any atom is 0.341 e. The van der Waals surface area contributed by atoms with Gasteiger partial charge in [0.2, 0.25) is 5.91 Å². The van der Waals surface area contributed by atoms with Crippen LogP contribution in [0.3, 0.4) is 0 Å². The maximum atomic E-state index is 12.5. The number of amides is 1. The Balaban J connectivity index is 1.70. The summed E-state index contributed by atoms with van der Waals surface area (Å²) < 4.78 is 10.1. The average molecular weight is 388 g/mol. The average Bonchev–Trinajstić information content (AvgIpc) is 3.02. The molecule has 0 fully saturated rings. The third kappa shape index (κ3) is 4.50. The molecule has 2 aromatic rings. The van der Waals surface area contributed by atoms with Gasteiger partial charge in [0.25, 0.3) is 0 Å². The Kier molecular flexibility index (Phi) is 6.16. The van der Waals surface area contributed by atoms with Crippen molar-refractivity contribution in [3.63, 3.8) is 0 Å². The highest BCUT2D eigenvalue weighted by Crippen LogP contribution is 2.40. The highest BCUT2D eigenvalue weighted by molar-refractivity contribution is 7.17. The van der Waals surface area contributed by atoms with Crippen molar-refractivity contribution < 1.29 is 19.1 Å². The molecule has 3 rings (SSSR count). The van der Waals surface area contributed by atoms with Crippen LogP contribution in [0.4, 0.5) is 5.00 Å². The maximum absolute atomic E-state index is 12.5. The molecule has 1 aromatic carbocycles. The number of benzene rings is 1. The van der Waals surface area contributed by atoms with Crippen LogP contribution in [0, 0.1) is 5.92 Å². The monoisotopic (exact) mass is 387 g/mol. The molecule has 1 heterocycles. The lowest BCUT2D eigenvalue weighted by molar-refractivity contribution is -0.116. The predicted octanol–water partition coefficient (Wildman–Crippen LogP) is 4.24. The number of hydrogen-bond donors (Lipinski definition) is 1. The Hall–Kier alpha value is -2.34. The summed E-state index contributed by atoms with van der Waals surface area (Å²) in [5.41, 5.74) is 2.66. The van der Waals surface area contributed by atoms with E-state index in [9.17, 15) is 9.59 Å². The summed E-state index contributed by atoms with van der Waals surface area (Å²) in [4.78, 5) is 26.0. The van der Waals surface area contributed by atoms with Crippen molar-refractivity contribution in [3.8, 4) is 5.75 Å². The first-order chi connectivity index (χ1) is 13.0. The van der Waals surface area contributed by atoms with E-state index in [1.807, 2.05) is 24.3 Å². The lowest BCUT2D eigenvalue weighted by atomic mass is 9.88. The molecule has 1 atom stereocenters. The van der Waals surface area contributed by atoms with Gasteiger partial charge in [-0.2, -0.15) is 0 Å². The van der Waals surface area contributed by atoms with Gasteiger partial charge in [0.1, 0.15) is 10.8 Å². The van der Waals surface area contributed by atoms with Crippen LogP contribution >= 0.6 is 11.3 Å². The van der Waals surface area contributed by atoms with Gasteiger partial charge in [0.15, 0.2) is 0 Å². The van der Waals surface area contributed by atoms with Gasteiger partial charge in [0.05, 0.1) is 19.8 Å². The van der Waals surface area contributed by atoms with E-state index < -0.39 is 0 Å². The highest BCUT2D eigenvalue weighted by atomic mass is 32.1. The molecule has 0 radical (unpaired) electrons. The van der Waals surface area contributed by atoms with Gasteiger partial charge in [-0.1, -0.05) is 19.1 Å². The zero-order valence-electron chi connectivity index (χ0n) is 16.0. The van der Waals surface area contributed by atoms with Gasteiger partial charge in [-0.3, -0.25) is 4.79 Å². The van der Waals surface area contributed by atoms with E-state index in [0.717, 1.165) is 36.1 Å². The van der Waals surface area contributed by atoms with E-state index in [1.54, 1.807) is 7.11 Å². The second-order valence-corrected chi connectivity index (χ2v) is 8.05. The summed E-state index contributed by atoms with van der Waals surface area (Å²) in [5.74, 6) is 0.930. The molecule has 0 spiro atoms. The summed E-state index contributed by atoms with van der Waals surface area (Å²) in [7, 11) is 3.01. The zero-order chi connectivity index (χ0) is 19.4. The van der Waals surface area contributed by atoms with E-state index in [4.69, 9.17) is 9.47 Å². The number of rotatable bonds is 6. The minimum atomic E-state index is -0.368. The van der Waals surface area contributed by atoms with Crippen molar-refractivity contribution in [2.24, 2.45) is 5.92 Å². The number of carbonyl (C=O) groups is 2. The summed E-state index contributed by atoms with van der Waals surface area (Å²) in [6.07, 6.45) is 3.85. The van der Waals surface area contributed by atoms with Crippen molar-refractivity contribution in [3.05, 3.63) is 45.8 Å². The van der Waals surface area contributed by atoms with Crippen LogP contribution < -0.4 is 10.1 Å². The Morgan fingerprint density at radius 1 is 1.22 bits per heavy atom. The molecule has 0 bridgehead atoms. The van der Waals surface area contributed by atoms with E-state index in [-0.39, 0.29) is 11.9 Å². The smallest absolute Gasteiger partial charge is 0.341 e. The van der Waals surface area contributed by atoms with Crippen molar-refractivity contribution in [1.82, 2.24) is 0 Å². The Bertz CT molecular complexity index is 825. The fourth-order valence-corrected chi connectivity index (χ4v) is 4.81. The topological polar surface area (TPSA) is 64.6 Å². The predicted molar refractivity (Wildman–Crippen MR) is 107 cm³/mol. The van der Waals surface area contributed by atoms with Crippen LogP contribution in [0.5, 0.6) is 5.75 Å². The van der Waals surface area contributed by atoms with Crippen molar-refractivity contribution >= 4 is 28.2 Å². The number of nitrogens with one attached hydrogen (secondary N) is 1. The molecule has 1 unspecified atom stereocenters. The molecule has 5 nitrogen and oxygen atoms in total. The number of methoxy groups -OCH3 is 2. The molecular weight excluding hydrogens is 362 g/mol. The molecule has 1 N–H and O–H groups in total. The van der Waals surface area contributed by atoms with Crippen LogP contribution in [0.1, 0.15) is 46.1 Å². The molecule has 1 aliphatic carbocycles. The van der Waals surface area contributed by atoms with Gasteiger partial charge >= 0.3 is 5.97 Å². The zero-order valence-corrected chi connectivity index (χ0v) is 16.8. The molecular formula is C21H25NO4S. The SMILES string of the molecule is COC(=O)c1c(NC(=O)CCc2ccc(OC)cc2)sc2c1CCC(C)C2. The van der Waals surface area contributed by atoms with E-state index in [1.165, 1.54) is 23.3 Å². The van der Waals surface area contributed by atoms with Crippen LogP contribution in [0.15, 0.2) is 24.3 Å². The first kappa shape index (κ1) is 19.4. The highest BCUT2D eigenvalue weighted by Gasteiger charge is 2.28. The quantitative estimate of drug-likeness (QED) is 0.753. The van der Waals surface area contributed by atoms with Gasteiger partial charge < -0.3 is 14.8 Å². The first-order valence-electron chi connectivity index (χ1n) is 9.17. The molecule has 0 aliphatic heterocycles. The minimum Gasteiger partial charge on any atom is -0.497 e. The second-order valence-electron chi connectivity index (χ2n) is 6.94. The van der Waals surface area contributed by atoms with Crippen LogP contribution in [-0.2, 0) is 28.8 Å². The van der Waals surface area contributed by atoms with Crippen LogP contribution in [0.2, 0.25) is 0 Å². The standard InChI is InChI=1S/C21H25NO4S/c1-13-4-10-16-17(12-13)27-20(19(16)21(24)26-3)22-18(23)11-7-14-5-8-15(25-2)9-6-14/h5-6,8-9,13H,4,7,10-12H2,1-3H3,(H,22,23). The number of anilines is 1. The lowest BCUT2D eigenvalue weighted by Gasteiger charge is -2.18. The molecule has 1 aromatic heterocycles.